The molecule has 0 bridgehead atoms. The van der Waals surface area contributed by atoms with Gasteiger partial charge in [-0.15, -0.1) is 0 Å². The van der Waals surface area contributed by atoms with E-state index >= 15 is 0 Å². The second kappa shape index (κ2) is 8.43. The number of halogens is 1. The van der Waals surface area contributed by atoms with Crippen LogP contribution in [0.25, 0.3) is 11.1 Å². The minimum atomic E-state index is -0.391. The largest absolute Gasteiger partial charge is 0.399 e. The summed E-state index contributed by atoms with van der Waals surface area (Å²) in [7, 11) is 0. The molecule has 2 N–H and O–H groups in total. The summed E-state index contributed by atoms with van der Waals surface area (Å²) in [6, 6.07) is 18.7. The molecule has 154 valence electrons. The summed E-state index contributed by atoms with van der Waals surface area (Å²) in [5.74, 6) is 0.130. The van der Waals surface area contributed by atoms with Crippen LogP contribution < -0.4 is 5.73 Å². The second-order valence-corrected chi connectivity index (χ2v) is 8.35. The zero-order chi connectivity index (χ0) is 21.3. The van der Waals surface area contributed by atoms with E-state index in [0.717, 1.165) is 53.6 Å². The molecule has 2 nitrogen and oxygen atoms in total. The average Bonchev–Trinajstić information content (AvgIpc) is 2.92. The molecule has 1 aromatic heterocycles. The van der Waals surface area contributed by atoms with E-state index in [4.69, 9.17) is 5.73 Å². The number of hydrogen-bond acceptors (Lipinski definition) is 2. The highest BCUT2D eigenvalue weighted by Gasteiger charge is 2.22. The van der Waals surface area contributed by atoms with E-state index < -0.39 is 5.95 Å². The van der Waals surface area contributed by atoms with Crippen LogP contribution in [-0.4, -0.2) is 4.98 Å². The summed E-state index contributed by atoms with van der Waals surface area (Å²) in [6.45, 7) is 6.27. The Kier molecular flexibility index (Phi) is 5.72. The van der Waals surface area contributed by atoms with E-state index in [0.29, 0.717) is 17.2 Å². The number of rotatable bonds is 4. The second-order valence-electron chi connectivity index (χ2n) is 8.35. The Labute approximate surface area is 178 Å². The molecule has 3 heteroatoms. The number of pyridine rings is 1. The molecule has 0 fully saturated rings. The fourth-order valence-electron chi connectivity index (χ4n) is 4.37. The smallest absolute Gasteiger partial charge is 0.220 e. The molecule has 1 aliphatic carbocycles. The first-order valence-electron chi connectivity index (χ1n) is 10.8. The lowest BCUT2D eigenvalue weighted by atomic mass is 9.87. The van der Waals surface area contributed by atoms with Gasteiger partial charge in [0.1, 0.15) is 0 Å². The van der Waals surface area contributed by atoms with Gasteiger partial charge in [-0.25, -0.2) is 4.98 Å². The van der Waals surface area contributed by atoms with Gasteiger partial charge in [0.05, 0.1) is 0 Å². The maximum absolute atomic E-state index is 14.9. The number of fused-ring (bicyclic) bond motifs is 1. The first-order valence-corrected chi connectivity index (χ1v) is 10.8. The molecule has 0 saturated carbocycles. The van der Waals surface area contributed by atoms with Crippen LogP contribution in [0.5, 0.6) is 0 Å². The van der Waals surface area contributed by atoms with Crippen LogP contribution in [0.1, 0.15) is 72.5 Å². The predicted octanol–water partition coefficient (Wildman–Crippen LogP) is 6.92. The average molecular weight is 401 g/mol. The molecule has 1 aliphatic rings. The van der Waals surface area contributed by atoms with Crippen LogP contribution in [0, 0.1) is 12.9 Å². The number of hydrogen-bond donors (Lipinski definition) is 1. The molecular weight excluding hydrogens is 371 g/mol. The molecule has 3 aromatic rings. The lowest BCUT2D eigenvalue weighted by molar-refractivity contribution is 0.575. The van der Waals surface area contributed by atoms with Gasteiger partial charge in [0.15, 0.2) is 0 Å². The molecule has 0 saturated heterocycles. The Morgan fingerprint density at radius 2 is 1.73 bits per heavy atom. The monoisotopic (exact) mass is 400 g/mol. The fraction of sp³-hybridized carbons (Fsp3) is 0.296. The summed E-state index contributed by atoms with van der Waals surface area (Å²) in [5, 5.41) is 0. The van der Waals surface area contributed by atoms with Crippen molar-refractivity contribution in [2.45, 2.75) is 52.4 Å². The minimum absolute atomic E-state index is 0.391. The number of benzene rings is 2. The van der Waals surface area contributed by atoms with E-state index in [1.807, 2.05) is 25.1 Å². The third-order valence-corrected chi connectivity index (χ3v) is 6.27. The number of nitrogens with zero attached hydrogens (tertiary/aromatic N) is 1. The standard InChI is InChI=1S/C27H29FN2/c1-4-17(2)19-9-11-20(12-10-19)26-23-15-13-22(29)16-21(23)6-5-7-24(26)25-14-8-18(3)30-27(25)28/h8-17H,4-7,29H2,1-3H3. The van der Waals surface area contributed by atoms with Gasteiger partial charge in [0, 0.05) is 16.9 Å². The van der Waals surface area contributed by atoms with Gasteiger partial charge in [-0.3, -0.25) is 0 Å². The molecule has 2 aromatic carbocycles. The highest BCUT2D eigenvalue weighted by atomic mass is 19.1. The molecular formula is C27H29FN2. The minimum Gasteiger partial charge on any atom is -0.399 e. The van der Waals surface area contributed by atoms with Gasteiger partial charge in [-0.1, -0.05) is 44.2 Å². The first-order chi connectivity index (χ1) is 14.5. The molecule has 1 heterocycles. The van der Waals surface area contributed by atoms with Crippen LogP contribution in [0.3, 0.4) is 0 Å². The van der Waals surface area contributed by atoms with Gasteiger partial charge in [-0.2, -0.15) is 4.39 Å². The van der Waals surface area contributed by atoms with Crippen molar-refractivity contribution in [3.8, 4) is 0 Å². The summed E-state index contributed by atoms with van der Waals surface area (Å²) in [6.07, 6.45) is 3.79. The van der Waals surface area contributed by atoms with Crippen LogP contribution in [-0.2, 0) is 6.42 Å². The Hall–Kier alpha value is -2.94. The Balaban J connectivity index is 1.96. The van der Waals surface area contributed by atoms with E-state index in [1.54, 1.807) is 0 Å². The molecule has 0 spiro atoms. The first kappa shape index (κ1) is 20.3. The van der Waals surface area contributed by atoms with Crippen molar-refractivity contribution < 1.29 is 4.39 Å². The lowest BCUT2D eigenvalue weighted by Crippen LogP contribution is -2.01. The SMILES string of the molecule is CCC(C)c1ccc(C2=C(c3ccc(C)nc3F)CCCc3cc(N)ccc32)cc1. The van der Waals surface area contributed by atoms with Crippen molar-refractivity contribution in [2.24, 2.45) is 0 Å². The number of nitrogen functional groups attached to an aromatic ring is 1. The van der Waals surface area contributed by atoms with Gasteiger partial charge < -0.3 is 5.73 Å². The normalized spacial score (nSPS) is 14.9. The summed E-state index contributed by atoms with van der Waals surface area (Å²) < 4.78 is 14.9. The maximum Gasteiger partial charge on any atom is 0.220 e. The highest BCUT2D eigenvalue weighted by molar-refractivity contribution is 6.00. The number of nitrogens with two attached hydrogens (primary N) is 1. The van der Waals surface area contributed by atoms with Gasteiger partial charge in [0.2, 0.25) is 5.95 Å². The third-order valence-electron chi connectivity index (χ3n) is 6.27. The quantitative estimate of drug-likeness (QED) is 0.381. The predicted molar refractivity (Wildman–Crippen MR) is 124 cm³/mol. The van der Waals surface area contributed by atoms with Crippen molar-refractivity contribution >= 4 is 16.8 Å². The molecule has 0 radical (unpaired) electrons. The molecule has 1 unspecified atom stereocenters. The van der Waals surface area contributed by atoms with Gasteiger partial charge >= 0.3 is 0 Å². The van der Waals surface area contributed by atoms with Gasteiger partial charge in [-0.05, 0) is 96.2 Å². The molecule has 0 amide bonds. The van der Waals surface area contributed by atoms with Crippen molar-refractivity contribution in [3.05, 3.63) is 94.1 Å². The van der Waals surface area contributed by atoms with Crippen molar-refractivity contribution in [2.75, 3.05) is 5.73 Å². The Morgan fingerprint density at radius 1 is 1.00 bits per heavy atom. The number of aromatic nitrogens is 1. The molecule has 1 atom stereocenters. The summed E-state index contributed by atoms with van der Waals surface area (Å²) in [5.41, 5.74) is 15.1. The van der Waals surface area contributed by atoms with Crippen molar-refractivity contribution in [1.82, 2.24) is 4.98 Å². The number of anilines is 1. The van der Waals surface area contributed by atoms with Gasteiger partial charge in [0.25, 0.3) is 0 Å². The van der Waals surface area contributed by atoms with Crippen molar-refractivity contribution in [1.29, 1.82) is 0 Å². The van der Waals surface area contributed by atoms with Crippen LogP contribution in [0.15, 0.2) is 54.6 Å². The van der Waals surface area contributed by atoms with E-state index in [2.05, 4.69) is 55.2 Å². The number of aryl methyl sites for hydroxylation is 2. The van der Waals surface area contributed by atoms with E-state index in [1.165, 1.54) is 11.1 Å². The van der Waals surface area contributed by atoms with Crippen LogP contribution in [0.2, 0.25) is 0 Å². The maximum atomic E-state index is 14.9. The van der Waals surface area contributed by atoms with E-state index in [-0.39, 0.29) is 0 Å². The number of allylic oxidation sites excluding steroid dienone is 1. The summed E-state index contributed by atoms with van der Waals surface area (Å²) in [4.78, 5) is 4.11. The Bertz CT molecular complexity index is 1100. The highest BCUT2D eigenvalue weighted by Crippen LogP contribution is 2.41. The van der Waals surface area contributed by atoms with Crippen LogP contribution >= 0.6 is 0 Å². The van der Waals surface area contributed by atoms with E-state index in [9.17, 15) is 4.39 Å². The topological polar surface area (TPSA) is 38.9 Å². The van der Waals surface area contributed by atoms with Crippen molar-refractivity contribution in [3.63, 3.8) is 0 Å². The zero-order valence-electron chi connectivity index (χ0n) is 18.0. The van der Waals surface area contributed by atoms with Crippen LogP contribution in [0.4, 0.5) is 10.1 Å². The molecule has 30 heavy (non-hydrogen) atoms. The fourth-order valence-corrected chi connectivity index (χ4v) is 4.37. The Morgan fingerprint density at radius 3 is 2.43 bits per heavy atom. The lowest BCUT2D eigenvalue weighted by Gasteiger charge is -2.18. The third kappa shape index (κ3) is 3.89. The molecule has 0 aliphatic heterocycles. The zero-order valence-corrected chi connectivity index (χ0v) is 18.0. The summed E-state index contributed by atoms with van der Waals surface area (Å²) >= 11 is 0. The molecule has 4 rings (SSSR count).